The smallest absolute Gasteiger partial charge is 0.323 e. The molecule has 23 heavy (non-hydrogen) atoms. The van der Waals surface area contributed by atoms with Crippen molar-refractivity contribution in [3.8, 4) is 0 Å². The molecule has 0 aromatic carbocycles. The highest BCUT2D eigenvalue weighted by Crippen LogP contribution is 2.35. The van der Waals surface area contributed by atoms with E-state index in [0.29, 0.717) is 6.04 Å². The van der Waals surface area contributed by atoms with Crippen LogP contribution in [-0.2, 0) is 9.53 Å². The van der Waals surface area contributed by atoms with Gasteiger partial charge in [0.15, 0.2) is 0 Å². The Hall–Kier alpha value is -1.66. The van der Waals surface area contributed by atoms with Crippen molar-refractivity contribution in [2.45, 2.75) is 43.7 Å². The molecular weight excluding hydrogens is 292 g/mol. The highest BCUT2D eigenvalue weighted by molar-refractivity contribution is 5.76. The molecule has 2 aliphatic rings. The second-order valence-corrected chi connectivity index (χ2v) is 6.46. The summed E-state index contributed by atoms with van der Waals surface area (Å²) in [5.74, 6) is 0.0843. The third-order valence-electron chi connectivity index (χ3n) is 5.15. The largest absolute Gasteiger partial charge is 0.468 e. The van der Waals surface area contributed by atoms with Gasteiger partial charge in [-0.05, 0) is 57.5 Å². The number of pyridine rings is 1. The zero-order chi connectivity index (χ0) is 16.2. The Kier molecular flexibility index (Phi) is 5.13. The van der Waals surface area contributed by atoms with Gasteiger partial charge in [-0.1, -0.05) is 0 Å². The Morgan fingerprint density at radius 2 is 2.17 bits per heavy atom. The van der Waals surface area contributed by atoms with Gasteiger partial charge in [-0.25, -0.2) is 0 Å². The van der Waals surface area contributed by atoms with Crippen LogP contribution in [0.25, 0.3) is 0 Å². The quantitative estimate of drug-likeness (QED) is 0.814. The number of carbonyl (C=O) groups is 1. The van der Waals surface area contributed by atoms with Crippen LogP contribution in [0.1, 0.15) is 37.3 Å². The molecule has 1 aromatic rings. The van der Waals surface area contributed by atoms with Crippen LogP contribution in [0.2, 0.25) is 0 Å². The van der Waals surface area contributed by atoms with Crippen LogP contribution in [0.15, 0.2) is 18.3 Å². The van der Waals surface area contributed by atoms with Gasteiger partial charge in [0.1, 0.15) is 6.04 Å². The van der Waals surface area contributed by atoms with E-state index < -0.39 is 0 Å². The highest BCUT2D eigenvalue weighted by atomic mass is 16.5. The summed E-state index contributed by atoms with van der Waals surface area (Å²) in [4.78, 5) is 19.2. The van der Waals surface area contributed by atoms with Crippen molar-refractivity contribution in [3.63, 3.8) is 0 Å². The SMILES string of the molecule is COC(=O)C1CC(c2ncccc2N)CCN1C1CCNCC1. The average molecular weight is 318 g/mol. The molecule has 3 heterocycles. The third kappa shape index (κ3) is 3.48. The molecule has 0 saturated carbocycles. The fourth-order valence-corrected chi connectivity index (χ4v) is 3.95. The summed E-state index contributed by atoms with van der Waals surface area (Å²) in [7, 11) is 1.47. The van der Waals surface area contributed by atoms with Crippen molar-refractivity contribution in [2.24, 2.45) is 0 Å². The fraction of sp³-hybridized carbons (Fsp3) is 0.647. The molecule has 2 unspecified atom stereocenters. The Morgan fingerprint density at radius 1 is 1.39 bits per heavy atom. The number of rotatable bonds is 3. The van der Waals surface area contributed by atoms with E-state index in [4.69, 9.17) is 10.5 Å². The molecule has 3 N–H and O–H groups in total. The van der Waals surface area contributed by atoms with Crippen molar-refractivity contribution in [2.75, 3.05) is 32.5 Å². The van der Waals surface area contributed by atoms with Gasteiger partial charge in [0.2, 0.25) is 0 Å². The van der Waals surface area contributed by atoms with Crippen LogP contribution in [0.4, 0.5) is 5.69 Å². The molecule has 2 saturated heterocycles. The first-order chi connectivity index (χ1) is 11.2. The third-order valence-corrected chi connectivity index (χ3v) is 5.15. The second-order valence-electron chi connectivity index (χ2n) is 6.46. The topological polar surface area (TPSA) is 80.5 Å². The van der Waals surface area contributed by atoms with Gasteiger partial charge in [-0.15, -0.1) is 0 Å². The molecule has 126 valence electrons. The summed E-state index contributed by atoms with van der Waals surface area (Å²) >= 11 is 0. The fourth-order valence-electron chi connectivity index (χ4n) is 3.95. The first-order valence-electron chi connectivity index (χ1n) is 8.45. The van der Waals surface area contributed by atoms with Gasteiger partial charge >= 0.3 is 5.97 Å². The zero-order valence-corrected chi connectivity index (χ0v) is 13.7. The number of piperidine rings is 2. The lowest BCUT2D eigenvalue weighted by Crippen LogP contribution is -2.54. The van der Waals surface area contributed by atoms with E-state index in [9.17, 15) is 4.79 Å². The summed E-state index contributed by atoms with van der Waals surface area (Å²) < 4.78 is 5.08. The van der Waals surface area contributed by atoms with Crippen molar-refractivity contribution in [1.82, 2.24) is 15.2 Å². The predicted molar refractivity (Wildman–Crippen MR) is 89.0 cm³/mol. The Labute approximate surface area is 137 Å². The minimum Gasteiger partial charge on any atom is -0.468 e. The zero-order valence-electron chi connectivity index (χ0n) is 13.7. The number of anilines is 1. The van der Waals surface area contributed by atoms with Crippen LogP contribution in [-0.4, -0.2) is 54.7 Å². The number of nitrogens with one attached hydrogen (secondary N) is 1. The van der Waals surface area contributed by atoms with E-state index in [0.717, 1.165) is 56.7 Å². The molecule has 0 spiro atoms. The van der Waals surface area contributed by atoms with Crippen LogP contribution in [0.5, 0.6) is 0 Å². The molecule has 0 amide bonds. The lowest BCUT2D eigenvalue weighted by molar-refractivity contribution is -0.150. The van der Waals surface area contributed by atoms with Gasteiger partial charge < -0.3 is 15.8 Å². The number of hydrogen-bond acceptors (Lipinski definition) is 6. The minimum absolute atomic E-state index is 0.136. The van der Waals surface area contributed by atoms with E-state index in [-0.39, 0.29) is 17.9 Å². The molecule has 1 aromatic heterocycles. The molecule has 2 atom stereocenters. The molecule has 0 radical (unpaired) electrons. The number of aromatic nitrogens is 1. The molecule has 2 aliphatic heterocycles. The lowest BCUT2D eigenvalue weighted by atomic mass is 9.85. The van der Waals surface area contributed by atoms with Gasteiger partial charge in [0.25, 0.3) is 0 Å². The van der Waals surface area contributed by atoms with E-state index in [1.165, 1.54) is 7.11 Å². The molecule has 2 fully saturated rings. The van der Waals surface area contributed by atoms with E-state index in [2.05, 4.69) is 15.2 Å². The van der Waals surface area contributed by atoms with E-state index in [1.807, 2.05) is 12.1 Å². The van der Waals surface area contributed by atoms with Gasteiger partial charge in [-0.3, -0.25) is 14.7 Å². The Balaban J connectivity index is 1.78. The van der Waals surface area contributed by atoms with Crippen LogP contribution >= 0.6 is 0 Å². The Morgan fingerprint density at radius 3 is 2.87 bits per heavy atom. The van der Waals surface area contributed by atoms with E-state index >= 15 is 0 Å². The summed E-state index contributed by atoms with van der Waals surface area (Å²) in [6.07, 6.45) is 5.67. The molecule has 0 bridgehead atoms. The van der Waals surface area contributed by atoms with Crippen LogP contribution in [0.3, 0.4) is 0 Å². The maximum atomic E-state index is 12.4. The molecule has 0 aliphatic carbocycles. The van der Waals surface area contributed by atoms with Crippen molar-refractivity contribution in [1.29, 1.82) is 0 Å². The van der Waals surface area contributed by atoms with Gasteiger partial charge in [-0.2, -0.15) is 0 Å². The number of nitrogen functional groups attached to an aromatic ring is 1. The lowest BCUT2D eigenvalue weighted by Gasteiger charge is -2.43. The normalized spacial score (nSPS) is 26.8. The molecular formula is C17H26N4O2. The maximum Gasteiger partial charge on any atom is 0.323 e. The number of ether oxygens (including phenoxy) is 1. The summed E-state index contributed by atoms with van der Waals surface area (Å²) in [6.45, 7) is 2.93. The first-order valence-corrected chi connectivity index (χ1v) is 8.45. The number of methoxy groups -OCH3 is 1. The highest BCUT2D eigenvalue weighted by Gasteiger charge is 2.39. The molecule has 3 rings (SSSR count). The summed E-state index contributed by atoms with van der Waals surface area (Å²) in [5, 5.41) is 3.38. The Bertz CT molecular complexity index is 545. The molecule has 6 heteroatoms. The average Bonchev–Trinajstić information content (AvgIpc) is 2.62. The van der Waals surface area contributed by atoms with Gasteiger partial charge in [0, 0.05) is 18.2 Å². The number of nitrogens with two attached hydrogens (primary N) is 1. The summed E-state index contributed by atoms with van der Waals surface area (Å²) in [6, 6.07) is 4.00. The second kappa shape index (κ2) is 7.27. The van der Waals surface area contributed by atoms with E-state index in [1.54, 1.807) is 6.20 Å². The maximum absolute atomic E-state index is 12.4. The van der Waals surface area contributed by atoms with Crippen LogP contribution < -0.4 is 11.1 Å². The number of carbonyl (C=O) groups excluding carboxylic acids is 1. The monoisotopic (exact) mass is 318 g/mol. The minimum atomic E-state index is -0.191. The summed E-state index contributed by atoms with van der Waals surface area (Å²) in [5.41, 5.74) is 7.72. The first kappa shape index (κ1) is 16.2. The molecule has 6 nitrogen and oxygen atoms in total. The van der Waals surface area contributed by atoms with Crippen molar-refractivity contribution in [3.05, 3.63) is 24.0 Å². The number of nitrogens with zero attached hydrogens (tertiary/aromatic N) is 2. The van der Waals surface area contributed by atoms with Gasteiger partial charge in [0.05, 0.1) is 18.5 Å². The van der Waals surface area contributed by atoms with Crippen molar-refractivity contribution < 1.29 is 9.53 Å². The number of hydrogen-bond donors (Lipinski definition) is 2. The number of likely N-dealkylation sites (tertiary alicyclic amines) is 1. The predicted octanol–water partition coefficient (Wildman–Crippen LogP) is 1.14. The standard InChI is InChI=1S/C17H26N4O2/c1-23-17(22)15-11-12(16-14(18)3-2-7-20-16)6-10-21(15)13-4-8-19-9-5-13/h2-3,7,12-13,15,19H,4-6,8-11,18H2,1H3. The number of esters is 1. The van der Waals surface area contributed by atoms with Crippen LogP contribution in [0, 0.1) is 0 Å². The van der Waals surface area contributed by atoms with Crippen molar-refractivity contribution >= 4 is 11.7 Å².